The van der Waals surface area contributed by atoms with Gasteiger partial charge in [-0.1, -0.05) is 17.7 Å². The van der Waals surface area contributed by atoms with E-state index in [2.05, 4.69) is 10.6 Å². The molecule has 0 aromatic heterocycles. The lowest BCUT2D eigenvalue weighted by Crippen LogP contribution is -2.46. The minimum atomic E-state index is -3.11. The molecule has 20 heavy (non-hydrogen) atoms. The van der Waals surface area contributed by atoms with E-state index in [9.17, 15) is 17.6 Å². The second-order valence-electron chi connectivity index (χ2n) is 4.61. The van der Waals surface area contributed by atoms with E-state index in [1.165, 1.54) is 18.2 Å². The van der Waals surface area contributed by atoms with Crippen LogP contribution in [0.1, 0.15) is 6.42 Å². The van der Waals surface area contributed by atoms with Crippen molar-refractivity contribution in [1.29, 1.82) is 0 Å². The molecule has 0 radical (unpaired) electrons. The van der Waals surface area contributed by atoms with Crippen molar-refractivity contribution < 1.29 is 17.6 Å². The summed E-state index contributed by atoms with van der Waals surface area (Å²) in [7, 11) is -3.11. The van der Waals surface area contributed by atoms with Crippen molar-refractivity contribution in [2.75, 3.05) is 23.4 Å². The molecule has 1 aromatic carbocycles. The molecule has 1 aromatic rings. The third kappa shape index (κ3) is 3.91. The fourth-order valence-corrected chi connectivity index (χ4v) is 3.68. The molecule has 8 heteroatoms. The SMILES string of the molecule is O=C(CC1CS(=O)(=O)CCN1)Nc1c(F)cccc1Cl. The Labute approximate surface area is 121 Å². The summed E-state index contributed by atoms with van der Waals surface area (Å²) in [6, 6.07) is 3.62. The third-order valence-corrected chi connectivity index (χ3v) is 5.01. The monoisotopic (exact) mass is 320 g/mol. The highest BCUT2D eigenvalue weighted by molar-refractivity contribution is 7.91. The Kier molecular flexibility index (Phi) is 4.62. The zero-order valence-corrected chi connectivity index (χ0v) is 12.1. The molecule has 2 N–H and O–H groups in total. The van der Waals surface area contributed by atoms with Gasteiger partial charge in [-0.15, -0.1) is 0 Å². The lowest BCUT2D eigenvalue weighted by Gasteiger charge is -2.23. The Morgan fingerprint density at radius 1 is 1.50 bits per heavy atom. The minimum Gasteiger partial charge on any atom is -0.322 e. The first kappa shape index (κ1) is 15.2. The van der Waals surface area contributed by atoms with Crippen LogP contribution in [0, 0.1) is 5.82 Å². The predicted octanol–water partition coefficient (Wildman–Crippen LogP) is 1.19. The van der Waals surface area contributed by atoms with Crippen molar-refractivity contribution in [2.45, 2.75) is 12.5 Å². The van der Waals surface area contributed by atoms with Crippen LogP contribution in [0.2, 0.25) is 5.02 Å². The Bertz CT molecular complexity index is 601. The molecule has 0 bridgehead atoms. The van der Waals surface area contributed by atoms with Gasteiger partial charge in [-0.25, -0.2) is 12.8 Å². The molecular weight excluding hydrogens is 307 g/mol. The number of hydrogen-bond acceptors (Lipinski definition) is 4. The number of nitrogens with one attached hydrogen (secondary N) is 2. The van der Waals surface area contributed by atoms with Crippen molar-refractivity contribution in [3.63, 3.8) is 0 Å². The first-order valence-electron chi connectivity index (χ1n) is 6.05. The third-order valence-electron chi connectivity index (χ3n) is 2.96. The van der Waals surface area contributed by atoms with Gasteiger partial charge in [-0.05, 0) is 12.1 Å². The maximum absolute atomic E-state index is 13.5. The molecular formula is C12H14ClFN2O3S. The average molecular weight is 321 g/mol. The van der Waals surface area contributed by atoms with Crippen LogP contribution in [0.4, 0.5) is 10.1 Å². The normalized spacial score (nSPS) is 21.4. The molecule has 1 aliphatic heterocycles. The molecule has 1 atom stereocenters. The van der Waals surface area contributed by atoms with Crippen LogP contribution in [0.25, 0.3) is 0 Å². The highest BCUT2D eigenvalue weighted by atomic mass is 35.5. The maximum atomic E-state index is 13.5. The molecule has 5 nitrogen and oxygen atoms in total. The minimum absolute atomic E-state index is 0.0517. The number of carbonyl (C=O) groups excluding carboxylic acids is 1. The first-order valence-corrected chi connectivity index (χ1v) is 8.25. The molecule has 1 unspecified atom stereocenters. The van der Waals surface area contributed by atoms with Gasteiger partial charge in [0.15, 0.2) is 9.84 Å². The summed E-state index contributed by atoms with van der Waals surface area (Å²) in [4.78, 5) is 11.8. The fourth-order valence-electron chi connectivity index (χ4n) is 2.03. The smallest absolute Gasteiger partial charge is 0.226 e. The Morgan fingerprint density at radius 2 is 2.25 bits per heavy atom. The van der Waals surface area contributed by atoms with Crippen LogP contribution in [0.15, 0.2) is 18.2 Å². The summed E-state index contributed by atoms with van der Waals surface area (Å²) in [5.74, 6) is -1.13. The van der Waals surface area contributed by atoms with Gasteiger partial charge < -0.3 is 10.6 Å². The molecule has 2 rings (SSSR count). The van der Waals surface area contributed by atoms with Crippen LogP contribution >= 0.6 is 11.6 Å². The van der Waals surface area contributed by atoms with E-state index < -0.39 is 27.6 Å². The van der Waals surface area contributed by atoms with Crippen LogP contribution in [0.5, 0.6) is 0 Å². The van der Waals surface area contributed by atoms with Crippen LogP contribution in [0.3, 0.4) is 0 Å². The van der Waals surface area contributed by atoms with Crippen molar-refractivity contribution in [1.82, 2.24) is 5.32 Å². The molecule has 1 aliphatic rings. The average Bonchev–Trinajstić information content (AvgIpc) is 2.33. The van der Waals surface area contributed by atoms with Crippen molar-refractivity contribution in [3.05, 3.63) is 29.0 Å². The summed E-state index contributed by atoms with van der Waals surface area (Å²) in [6.45, 7) is 0.320. The Balaban J connectivity index is 1.99. The molecule has 0 spiro atoms. The lowest BCUT2D eigenvalue weighted by molar-refractivity contribution is -0.116. The highest BCUT2D eigenvalue weighted by Crippen LogP contribution is 2.24. The largest absolute Gasteiger partial charge is 0.322 e. The number of rotatable bonds is 3. The lowest BCUT2D eigenvalue weighted by atomic mass is 10.2. The Morgan fingerprint density at radius 3 is 2.90 bits per heavy atom. The summed E-state index contributed by atoms with van der Waals surface area (Å²) in [6.07, 6.45) is -0.0517. The first-order chi connectivity index (χ1) is 9.37. The van der Waals surface area contributed by atoms with E-state index in [1.807, 2.05) is 0 Å². The van der Waals surface area contributed by atoms with E-state index in [0.717, 1.165) is 0 Å². The van der Waals surface area contributed by atoms with Gasteiger partial charge in [-0.3, -0.25) is 4.79 Å². The molecule has 0 aliphatic carbocycles. The summed E-state index contributed by atoms with van der Waals surface area (Å²) < 4.78 is 36.4. The van der Waals surface area contributed by atoms with Gasteiger partial charge in [0, 0.05) is 19.0 Å². The van der Waals surface area contributed by atoms with E-state index in [1.54, 1.807) is 0 Å². The topological polar surface area (TPSA) is 75.3 Å². The highest BCUT2D eigenvalue weighted by Gasteiger charge is 2.26. The molecule has 1 heterocycles. The fraction of sp³-hybridized carbons (Fsp3) is 0.417. The zero-order valence-electron chi connectivity index (χ0n) is 10.5. The molecule has 0 saturated carbocycles. The van der Waals surface area contributed by atoms with E-state index in [4.69, 9.17) is 11.6 Å². The number of halogens is 2. The summed E-state index contributed by atoms with van der Waals surface area (Å²) in [5.41, 5.74) is -0.0853. The van der Waals surface area contributed by atoms with Gasteiger partial charge in [0.05, 0.1) is 22.2 Å². The van der Waals surface area contributed by atoms with Gasteiger partial charge in [0.25, 0.3) is 0 Å². The van der Waals surface area contributed by atoms with Gasteiger partial charge >= 0.3 is 0 Å². The zero-order chi connectivity index (χ0) is 14.8. The summed E-state index contributed by atoms with van der Waals surface area (Å²) in [5, 5.41) is 5.43. The number of carbonyl (C=O) groups is 1. The predicted molar refractivity (Wildman–Crippen MR) is 75.1 cm³/mol. The number of amides is 1. The standard InChI is InChI=1S/C12H14ClFN2O3S/c13-9-2-1-3-10(14)12(9)16-11(17)6-8-7-20(18,19)5-4-15-8/h1-3,8,15H,4-7H2,(H,16,17). The number of benzene rings is 1. The van der Waals surface area contributed by atoms with E-state index >= 15 is 0 Å². The summed E-state index contributed by atoms with van der Waals surface area (Å²) >= 11 is 5.80. The number of hydrogen-bond donors (Lipinski definition) is 2. The number of anilines is 1. The van der Waals surface area contributed by atoms with E-state index in [-0.39, 0.29) is 28.6 Å². The van der Waals surface area contributed by atoms with Crippen LogP contribution in [-0.4, -0.2) is 38.4 Å². The maximum Gasteiger partial charge on any atom is 0.226 e. The van der Waals surface area contributed by atoms with Gasteiger partial charge in [-0.2, -0.15) is 0 Å². The number of sulfone groups is 1. The van der Waals surface area contributed by atoms with Gasteiger partial charge in [0.2, 0.25) is 5.91 Å². The van der Waals surface area contributed by atoms with Crippen molar-refractivity contribution >= 4 is 33.0 Å². The van der Waals surface area contributed by atoms with Crippen LogP contribution < -0.4 is 10.6 Å². The Hall–Kier alpha value is -1.18. The van der Waals surface area contributed by atoms with Gasteiger partial charge in [0.1, 0.15) is 5.82 Å². The second-order valence-corrected chi connectivity index (χ2v) is 7.25. The number of para-hydroxylation sites is 1. The van der Waals surface area contributed by atoms with Crippen molar-refractivity contribution in [3.8, 4) is 0 Å². The van der Waals surface area contributed by atoms with E-state index in [0.29, 0.717) is 6.54 Å². The molecule has 1 saturated heterocycles. The molecule has 1 amide bonds. The van der Waals surface area contributed by atoms with Crippen LogP contribution in [-0.2, 0) is 14.6 Å². The molecule has 110 valence electrons. The molecule has 1 fully saturated rings. The second kappa shape index (κ2) is 6.07. The van der Waals surface area contributed by atoms with Crippen molar-refractivity contribution in [2.24, 2.45) is 0 Å². The quantitative estimate of drug-likeness (QED) is 0.877.